The Labute approximate surface area is 111 Å². The van der Waals surface area contributed by atoms with Crippen molar-refractivity contribution in [3.8, 4) is 0 Å². The summed E-state index contributed by atoms with van der Waals surface area (Å²) >= 11 is 0. The third-order valence-electron chi connectivity index (χ3n) is 2.30. The summed E-state index contributed by atoms with van der Waals surface area (Å²) in [6.07, 6.45) is 2.52. The minimum atomic E-state index is -1.16. The summed E-state index contributed by atoms with van der Waals surface area (Å²) in [6, 6.07) is -0.517. The zero-order valence-corrected chi connectivity index (χ0v) is 11.2. The largest absolute Gasteiger partial charge is 0.476 e. The van der Waals surface area contributed by atoms with Crippen molar-refractivity contribution in [1.82, 2.24) is 15.3 Å². The second kappa shape index (κ2) is 6.67. The van der Waals surface area contributed by atoms with E-state index >= 15 is 0 Å². The van der Waals surface area contributed by atoms with Crippen LogP contribution < -0.4 is 10.6 Å². The molecule has 1 aromatic heterocycles. The highest BCUT2D eigenvalue weighted by atomic mass is 16.4. The molecule has 104 valence electrons. The van der Waals surface area contributed by atoms with E-state index < -0.39 is 12.0 Å². The monoisotopic (exact) mass is 266 g/mol. The number of anilines is 1. The predicted molar refractivity (Wildman–Crippen MR) is 69.9 cm³/mol. The molecule has 0 saturated heterocycles. The molecule has 0 fully saturated rings. The molecule has 1 aromatic rings. The average Bonchev–Trinajstić information content (AvgIpc) is 2.36. The number of hydrogen-bond donors (Lipinski definition) is 3. The summed E-state index contributed by atoms with van der Waals surface area (Å²) in [5.74, 6) is -0.706. The lowest BCUT2D eigenvalue weighted by molar-refractivity contribution is -0.121. The average molecular weight is 266 g/mol. The second-order valence-corrected chi connectivity index (χ2v) is 4.60. The third kappa shape index (κ3) is 4.90. The molecule has 0 radical (unpaired) electrons. The van der Waals surface area contributed by atoms with E-state index in [2.05, 4.69) is 20.6 Å². The number of nitrogens with one attached hydrogen (secondary N) is 2. The van der Waals surface area contributed by atoms with Crippen LogP contribution in [0.2, 0.25) is 0 Å². The van der Waals surface area contributed by atoms with Gasteiger partial charge < -0.3 is 15.7 Å². The van der Waals surface area contributed by atoms with Gasteiger partial charge in [-0.15, -0.1) is 0 Å². The van der Waals surface area contributed by atoms with Crippen molar-refractivity contribution in [2.45, 2.75) is 26.8 Å². The van der Waals surface area contributed by atoms with E-state index in [-0.39, 0.29) is 17.4 Å². The van der Waals surface area contributed by atoms with Crippen molar-refractivity contribution >= 4 is 17.7 Å². The SMILES string of the molecule is CC(C)CNC(=O)C(C)Nc1cncc(C(=O)O)n1. The molecule has 1 unspecified atom stereocenters. The topological polar surface area (TPSA) is 104 Å². The molecule has 19 heavy (non-hydrogen) atoms. The molecule has 0 aromatic carbocycles. The lowest BCUT2D eigenvalue weighted by atomic mass is 10.2. The maximum absolute atomic E-state index is 11.7. The fourth-order valence-corrected chi connectivity index (χ4v) is 1.28. The summed E-state index contributed by atoms with van der Waals surface area (Å²) in [7, 11) is 0. The maximum atomic E-state index is 11.7. The lowest BCUT2D eigenvalue weighted by Crippen LogP contribution is -2.39. The van der Waals surface area contributed by atoms with Crippen LogP contribution in [0.1, 0.15) is 31.3 Å². The van der Waals surface area contributed by atoms with Gasteiger partial charge in [0.05, 0.1) is 12.4 Å². The van der Waals surface area contributed by atoms with E-state index in [1.54, 1.807) is 6.92 Å². The number of nitrogens with zero attached hydrogens (tertiary/aromatic N) is 2. The standard InChI is InChI=1S/C12H18N4O3/c1-7(2)4-14-11(17)8(3)15-10-6-13-5-9(16-10)12(18)19/h5-8H,4H2,1-3H3,(H,14,17)(H,15,16)(H,18,19). The van der Waals surface area contributed by atoms with Gasteiger partial charge in [-0.3, -0.25) is 9.78 Å². The minimum absolute atomic E-state index is 0.167. The van der Waals surface area contributed by atoms with Crippen molar-refractivity contribution in [1.29, 1.82) is 0 Å². The van der Waals surface area contributed by atoms with Crippen LogP contribution in [0.4, 0.5) is 5.82 Å². The van der Waals surface area contributed by atoms with Gasteiger partial charge in [0.25, 0.3) is 0 Å². The van der Waals surface area contributed by atoms with Crippen LogP contribution in [0.3, 0.4) is 0 Å². The molecular weight excluding hydrogens is 248 g/mol. The molecule has 3 N–H and O–H groups in total. The molecule has 7 nitrogen and oxygen atoms in total. The number of aromatic carboxylic acids is 1. The zero-order chi connectivity index (χ0) is 14.4. The first kappa shape index (κ1) is 14.9. The fourth-order valence-electron chi connectivity index (χ4n) is 1.28. The van der Waals surface area contributed by atoms with Crippen molar-refractivity contribution in [2.24, 2.45) is 5.92 Å². The Hall–Kier alpha value is -2.18. The van der Waals surface area contributed by atoms with Crippen LogP contribution in [0.5, 0.6) is 0 Å². The Balaban J connectivity index is 2.61. The lowest BCUT2D eigenvalue weighted by Gasteiger charge is -2.15. The number of aromatic nitrogens is 2. The summed E-state index contributed by atoms with van der Waals surface area (Å²) in [5.41, 5.74) is -0.167. The Morgan fingerprint density at radius 2 is 2.00 bits per heavy atom. The van der Waals surface area contributed by atoms with Crippen LogP contribution in [0.25, 0.3) is 0 Å². The van der Waals surface area contributed by atoms with Gasteiger partial charge in [0, 0.05) is 6.54 Å². The van der Waals surface area contributed by atoms with Gasteiger partial charge in [-0.2, -0.15) is 0 Å². The summed E-state index contributed by atoms with van der Waals surface area (Å²) in [6.45, 7) is 6.26. The second-order valence-electron chi connectivity index (χ2n) is 4.60. The summed E-state index contributed by atoms with van der Waals surface area (Å²) < 4.78 is 0. The van der Waals surface area contributed by atoms with Crippen LogP contribution in [-0.4, -0.2) is 39.5 Å². The number of carbonyl (C=O) groups excluding carboxylic acids is 1. The van der Waals surface area contributed by atoms with Crippen molar-refractivity contribution in [3.63, 3.8) is 0 Å². The van der Waals surface area contributed by atoms with Gasteiger partial charge >= 0.3 is 5.97 Å². The summed E-state index contributed by atoms with van der Waals surface area (Å²) in [5, 5.41) is 14.4. The third-order valence-corrected chi connectivity index (χ3v) is 2.30. The number of carboxylic acids is 1. The molecule has 1 rings (SSSR count). The molecular formula is C12H18N4O3. The van der Waals surface area contributed by atoms with Crippen molar-refractivity contribution in [2.75, 3.05) is 11.9 Å². The minimum Gasteiger partial charge on any atom is -0.476 e. The van der Waals surface area contributed by atoms with E-state index in [0.29, 0.717) is 12.5 Å². The highest BCUT2D eigenvalue weighted by Gasteiger charge is 2.14. The normalized spacial score (nSPS) is 12.0. The molecule has 7 heteroatoms. The molecule has 0 spiro atoms. The molecule has 0 bridgehead atoms. The number of amides is 1. The van der Waals surface area contributed by atoms with Gasteiger partial charge in [0.2, 0.25) is 5.91 Å². The van der Waals surface area contributed by atoms with E-state index in [4.69, 9.17) is 5.11 Å². The van der Waals surface area contributed by atoms with Crippen LogP contribution in [-0.2, 0) is 4.79 Å². The highest BCUT2D eigenvalue weighted by molar-refractivity contribution is 5.86. The van der Waals surface area contributed by atoms with E-state index in [1.807, 2.05) is 13.8 Å². The number of carboxylic acid groups (broad SMARTS) is 1. The first-order chi connectivity index (χ1) is 8.90. The van der Waals surface area contributed by atoms with Crippen molar-refractivity contribution in [3.05, 3.63) is 18.1 Å². The van der Waals surface area contributed by atoms with Crippen LogP contribution in [0, 0.1) is 5.92 Å². The van der Waals surface area contributed by atoms with E-state index in [1.165, 1.54) is 6.20 Å². The van der Waals surface area contributed by atoms with Gasteiger partial charge in [-0.25, -0.2) is 9.78 Å². The molecule has 0 aliphatic carbocycles. The van der Waals surface area contributed by atoms with Crippen LogP contribution in [0.15, 0.2) is 12.4 Å². The predicted octanol–water partition coefficient (Wildman–Crippen LogP) is 0.747. The summed E-state index contributed by atoms with van der Waals surface area (Å²) in [4.78, 5) is 30.1. The molecule has 1 amide bonds. The van der Waals surface area contributed by atoms with Gasteiger partial charge in [0.1, 0.15) is 11.9 Å². The zero-order valence-electron chi connectivity index (χ0n) is 11.2. The van der Waals surface area contributed by atoms with Gasteiger partial charge in [0.15, 0.2) is 5.69 Å². The van der Waals surface area contributed by atoms with Gasteiger partial charge in [-0.1, -0.05) is 13.8 Å². The Morgan fingerprint density at radius 3 is 2.58 bits per heavy atom. The Morgan fingerprint density at radius 1 is 1.32 bits per heavy atom. The smallest absolute Gasteiger partial charge is 0.356 e. The van der Waals surface area contributed by atoms with E-state index in [9.17, 15) is 9.59 Å². The Kier molecular flexibility index (Phi) is 5.23. The van der Waals surface area contributed by atoms with Crippen LogP contribution >= 0.6 is 0 Å². The molecule has 0 aliphatic rings. The maximum Gasteiger partial charge on any atom is 0.356 e. The van der Waals surface area contributed by atoms with Crippen molar-refractivity contribution < 1.29 is 14.7 Å². The Bertz CT molecular complexity index is 462. The first-order valence-electron chi connectivity index (χ1n) is 5.99. The fraction of sp³-hybridized carbons (Fsp3) is 0.500. The number of rotatable bonds is 6. The molecule has 1 atom stereocenters. The van der Waals surface area contributed by atoms with Gasteiger partial charge in [-0.05, 0) is 12.8 Å². The molecule has 0 aliphatic heterocycles. The highest BCUT2D eigenvalue weighted by Crippen LogP contribution is 2.04. The molecule has 1 heterocycles. The number of hydrogen-bond acceptors (Lipinski definition) is 5. The number of carbonyl (C=O) groups is 2. The quantitative estimate of drug-likeness (QED) is 0.701. The molecule has 0 saturated carbocycles. The first-order valence-corrected chi connectivity index (χ1v) is 5.99. The van der Waals surface area contributed by atoms with E-state index in [0.717, 1.165) is 6.20 Å².